The van der Waals surface area contributed by atoms with E-state index >= 15 is 0 Å². The Morgan fingerprint density at radius 3 is 2.14 bits per heavy atom. The largest absolute Gasteiger partial charge is 0.355 e. The first-order valence-electron chi connectivity index (χ1n) is 14.9. The molecule has 43 heavy (non-hydrogen) atoms. The van der Waals surface area contributed by atoms with Crippen LogP contribution < -0.4 is 10.6 Å². The third-order valence-electron chi connectivity index (χ3n) is 8.05. The molecule has 2 heterocycles. The summed E-state index contributed by atoms with van der Waals surface area (Å²) in [6.07, 6.45) is 5.67. The number of piperidine rings is 1. The summed E-state index contributed by atoms with van der Waals surface area (Å²) in [7, 11) is 0. The summed E-state index contributed by atoms with van der Waals surface area (Å²) in [6.45, 7) is 3.69. The number of amides is 2. The number of hydrogen-bond acceptors (Lipinski definition) is 5. The quantitative estimate of drug-likeness (QED) is 0.267. The molecule has 1 saturated heterocycles. The van der Waals surface area contributed by atoms with E-state index in [-0.39, 0.29) is 23.7 Å². The Morgan fingerprint density at radius 2 is 1.47 bits per heavy atom. The number of hydrogen-bond donors (Lipinski definition) is 2. The molecule has 0 radical (unpaired) electrons. The number of rotatable bonds is 12. The molecule has 2 unspecified atom stereocenters. The van der Waals surface area contributed by atoms with E-state index in [1.165, 1.54) is 5.56 Å². The lowest BCUT2D eigenvalue weighted by Crippen LogP contribution is -2.50. The zero-order chi connectivity index (χ0) is 29.9. The summed E-state index contributed by atoms with van der Waals surface area (Å²) in [5, 5.41) is 15.3. The van der Waals surface area contributed by atoms with Gasteiger partial charge in [0.15, 0.2) is 0 Å². The molecule has 2 atom stereocenters. The number of carbonyl (C=O) groups is 2. The Kier molecular flexibility index (Phi) is 10.3. The van der Waals surface area contributed by atoms with Crippen molar-refractivity contribution in [3.63, 3.8) is 0 Å². The fraction of sp³-hybridized carbons (Fsp3) is 0.314. The second-order valence-electron chi connectivity index (χ2n) is 11.2. The highest BCUT2D eigenvalue weighted by atomic mass is 16.2. The van der Waals surface area contributed by atoms with Crippen LogP contribution in [0.15, 0.2) is 97.5 Å². The molecule has 1 aliphatic heterocycles. The smallest absolute Gasteiger partial charge is 0.224 e. The maximum absolute atomic E-state index is 13.4. The summed E-state index contributed by atoms with van der Waals surface area (Å²) < 4.78 is 2.06. The molecule has 0 saturated carbocycles. The van der Waals surface area contributed by atoms with Gasteiger partial charge in [-0.3, -0.25) is 9.59 Å². The van der Waals surface area contributed by atoms with E-state index in [0.717, 1.165) is 29.8 Å². The van der Waals surface area contributed by atoms with Crippen LogP contribution in [0, 0.1) is 23.2 Å². The topological polar surface area (TPSA) is 103 Å². The molecular weight excluding hydrogens is 536 g/mol. The number of likely N-dealkylation sites (tertiary alicyclic amines) is 1. The monoisotopic (exact) mass is 574 g/mol. The lowest BCUT2D eigenvalue weighted by atomic mass is 9.87. The van der Waals surface area contributed by atoms with E-state index in [1.807, 2.05) is 79.0 Å². The van der Waals surface area contributed by atoms with Crippen LogP contribution >= 0.6 is 0 Å². The van der Waals surface area contributed by atoms with Crippen molar-refractivity contribution in [3.05, 3.63) is 125 Å². The van der Waals surface area contributed by atoms with E-state index in [2.05, 4.69) is 43.3 Å². The second-order valence-corrected chi connectivity index (χ2v) is 11.2. The van der Waals surface area contributed by atoms with Crippen molar-refractivity contribution in [1.82, 2.24) is 25.1 Å². The Morgan fingerprint density at radius 1 is 0.814 bits per heavy atom. The molecule has 8 heteroatoms. The third kappa shape index (κ3) is 8.63. The first kappa shape index (κ1) is 29.7. The van der Waals surface area contributed by atoms with Crippen LogP contribution in [0.2, 0.25) is 0 Å². The van der Waals surface area contributed by atoms with Gasteiger partial charge in [-0.05, 0) is 41.7 Å². The maximum Gasteiger partial charge on any atom is 0.224 e. The number of aromatic nitrogens is 2. The van der Waals surface area contributed by atoms with Gasteiger partial charge in [0.05, 0.1) is 29.8 Å². The van der Waals surface area contributed by atoms with E-state index in [4.69, 9.17) is 5.26 Å². The summed E-state index contributed by atoms with van der Waals surface area (Å²) in [5.41, 5.74) is 5.04. The van der Waals surface area contributed by atoms with Crippen LogP contribution in [0.3, 0.4) is 0 Å². The van der Waals surface area contributed by atoms with Crippen LogP contribution in [0.4, 0.5) is 0 Å². The Balaban J connectivity index is 1.17. The minimum atomic E-state index is -0.263. The van der Waals surface area contributed by atoms with Crippen molar-refractivity contribution in [3.8, 4) is 6.07 Å². The van der Waals surface area contributed by atoms with Gasteiger partial charge in [-0.25, -0.2) is 4.98 Å². The molecule has 1 aliphatic rings. The molecule has 8 nitrogen and oxygen atoms in total. The predicted molar refractivity (Wildman–Crippen MR) is 166 cm³/mol. The van der Waals surface area contributed by atoms with E-state index in [0.29, 0.717) is 51.1 Å². The standard InChI is InChI=1S/C35H38N6O2/c36-20-28-11-13-30(14-12-28)23-41-26-37-22-33(41)15-17-38-34(42)31-19-32(35(43)39-21-29-9-5-2-6-10-29)25-40(24-31)18-16-27-7-3-1-4-8-27/h1-14,22,26,31-32H,15-19,21,23-25H2,(H,38,42)(H,39,43). The van der Waals surface area contributed by atoms with Crippen LogP contribution in [-0.2, 0) is 35.5 Å². The van der Waals surface area contributed by atoms with E-state index in [1.54, 1.807) is 6.33 Å². The molecule has 0 aliphatic carbocycles. The maximum atomic E-state index is 13.4. The average Bonchev–Trinajstić information content (AvgIpc) is 3.50. The van der Waals surface area contributed by atoms with Gasteiger partial charge in [0, 0.05) is 57.6 Å². The molecular formula is C35H38N6O2. The zero-order valence-corrected chi connectivity index (χ0v) is 24.4. The van der Waals surface area contributed by atoms with Crippen LogP contribution in [0.5, 0.6) is 0 Å². The molecule has 0 spiro atoms. The van der Waals surface area contributed by atoms with Crippen LogP contribution in [-0.4, -0.2) is 52.4 Å². The molecule has 1 fully saturated rings. The number of imidazole rings is 1. The lowest BCUT2D eigenvalue weighted by molar-refractivity contribution is -0.132. The minimum Gasteiger partial charge on any atom is -0.355 e. The summed E-state index contributed by atoms with van der Waals surface area (Å²) in [5.74, 6) is -0.528. The Bertz CT molecular complexity index is 1510. The summed E-state index contributed by atoms with van der Waals surface area (Å²) in [6, 6.07) is 29.9. The highest BCUT2D eigenvalue weighted by molar-refractivity contribution is 5.82. The number of carbonyl (C=O) groups excluding carboxylic acids is 2. The Hall–Kier alpha value is -4.74. The number of nitrogens with zero attached hydrogens (tertiary/aromatic N) is 4. The van der Waals surface area contributed by atoms with Gasteiger partial charge in [-0.15, -0.1) is 0 Å². The van der Waals surface area contributed by atoms with Crippen molar-refractivity contribution in [2.45, 2.75) is 32.4 Å². The van der Waals surface area contributed by atoms with E-state index < -0.39 is 0 Å². The van der Waals surface area contributed by atoms with Gasteiger partial charge in [-0.1, -0.05) is 72.8 Å². The van der Waals surface area contributed by atoms with Gasteiger partial charge in [-0.2, -0.15) is 5.26 Å². The van der Waals surface area contributed by atoms with Crippen molar-refractivity contribution >= 4 is 11.8 Å². The van der Waals surface area contributed by atoms with Gasteiger partial charge < -0.3 is 20.1 Å². The van der Waals surface area contributed by atoms with Gasteiger partial charge in [0.2, 0.25) is 11.8 Å². The summed E-state index contributed by atoms with van der Waals surface area (Å²) >= 11 is 0. The second kappa shape index (κ2) is 14.9. The molecule has 3 aromatic carbocycles. The average molecular weight is 575 g/mol. The fourth-order valence-corrected chi connectivity index (χ4v) is 5.65. The molecule has 0 bridgehead atoms. The molecule has 1 aromatic heterocycles. The van der Waals surface area contributed by atoms with Crippen molar-refractivity contribution in [2.24, 2.45) is 11.8 Å². The molecule has 220 valence electrons. The van der Waals surface area contributed by atoms with Crippen molar-refractivity contribution < 1.29 is 9.59 Å². The number of benzene rings is 3. The van der Waals surface area contributed by atoms with Crippen LogP contribution in [0.1, 0.15) is 34.4 Å². The van der Waals surface area contributed by atoms with Gasteiger partial charge >= 0.3 is 0 Å². The molecule has 4 aromatic rings. The SMILES string of the molecule is N#Cc1ccc(Cn2cncc2CCNC(=O)C2CC(C(=O)NCc3ccccc3)CN(CCc3ccccc3)C2)cc1. The minimum absolute atomic E-state index is 0.00207. The first-order chi connectivity index (χ1) is 21.1. The van der Waals surface area contributed by atoms with Crippen molar-refractivity contribution in [1.29, 1.82) is 5.26 Å². The van der Waals surface area contributed by atoms with Gasteiger partial charge in [0.1, 0.15) is 0 Å². The summed E-state index contributed by atoms with van der Waals surface area (Å²) in [4.78, 5) is 33.2. The predicted octanol–water partition coefficient (Wildman–Crippen LogP) is 3.96. The normalized spacial score (nSPS) is 16.7. The zero-order valence-electron chi connectivity index (χ0n) is 24.4. The third-order valence-corrected chi connectivity index (χ3v) is 8.05. The van der Waals surface area contributed by atoms with Gasteiger partial charge in [0.25, 0.3) is 0 Å². The van der Waals surface area contributed by atoms with Crippen LogP contribution in [0.25, 0.3) is 0 Å². The van der Waals surface area contributed by atoms with Crippen molar-refractivity contribution in [2.75, 3.05) is 26.2 Å². The number of nitrogens with one attached hydrogen (secondary N) is 2. The van der Waals surface area contributed by atoms with E-state index in [9.17, 15) is 9.59 Å². The Labute approximate surface area is 253 Å². The highest BCUT2D eigenvalue weighted by Crippen LogP contribution is 2.23. The highest BCUT2D eigenvalue weighted by Gasteiger charge is 2.34. The molecule has 2 N–H and O–H groups in total. The molecule has 5 rings (SSSR count). The first-order valence-corrected chi connectivity index (χ1v) is 14.9. The molecule has 2 amide bonds. The lowest BCUT2D eigenvalue weighted by Gasteiger charge is -2.36. The number of nitriles is 1. The fourth-order valence-electron chi connectivity index (χ4n) is 5.65.